The molecule has 1 rings (SSSR count). The van der Waals surface area contributed by atoms with Gasteiger partial charge in [-0.1, -0.05) is 52.4 Å². The molecule has 0 atom stereocenters. The average Bonchev–Trinajstić information content (AvgIpc) is 2.48. The largest absolute Gasteiger partial charge is 0.205 e. The van der Waals surface area contributed by atoms with Gasteiger partial charge in [-0.05, 0) is 38.7 Å². The second kappa shape index (κ2) is 10.9. The second-order valence-corrected chi connectivity index (χ2v) is 6.00. The van der Waals surface area contributed by atoms with Gasteiger partial charge in [0.25, 0.3) is 0 Å². The van der Waals surface area contributed by atoms with Gasteiger partial charge in [0, 0.05) is 11.1 Å². The lowest BCUT2D eigenvalue weighted by Gasteiger charge is -2.05. The van der Waals surface area contributed by atoms with Crippen LogP contribution in [0.15, 0.2) is 18.5 Å². The van der Waals surface area contributed by atoms with E-state index < -0.39 is 0 Å². The normalized spacial score (nSPS) is 10.9. The molecule has 0 aliphatic rings. The molecule has 0 amide bonds. The Labute approximate surface area is 126 Å². The Hall–Kier alpha value is -0.850. The smallest absolute Gasteiger partial charge is 0.171 e. The van der Waals surface area contributed by atoms with Crippen LogP contribution in [-0.2, 0) is 19.4 Å². The van der Waals surface area contributed by atoms with Gasteiger partial charge in [-0.25, -0.2) is 4.57 Å². The first-order valence-corrected chi connectivity index (χ1v) is 8.82. The first-order valence-electron chi connectivity index (χ1n) is 8.82. The zero-order valence-corrected chi connectivity index (χ0v) is 14.0. The number of unbranched alkanes of at least 4 members (excludes halogenated alkanes) is 6. The molecule has 0 bridgehead atoms. The van der Waals surface area contributed by atoms with Crippen LogP contribution in [0.1, 0.15) is 83.3 Å². The molecule has 0 unspecified atom stereocenters. The number of hydrogen-bond acceptors (Lipinski definition) is 0. The van der Waals surface area contributed by atoms with Crippen molar-refractivity contribution in [3.63, 3.8) is 0 Å². The Balaban J connectivity index is 2.51. The van der Waals surface area contributed by atoms with E-state index >= 15 is 0 Å². The molecular weight excluding hydrogens is 242 g/mol. The summed E-state index contributed by atoms with van der Waals surface area (Å²) in [6.07, 6.45) is 18.1. The summed E-state index contributed by atoms with van der Waals surface area (Å²) in [5.74, 6) is 0. The lowest BCUT2D eigenvalue weighted by molar-refractivity contribution is -0.694. The van der Waals surface area contributed by atoms with Gasteiger partial charge in [0.1, 0.15) is 6.54 Å². The topological polar surface area (TPSA) is 3.88 Å². The third-order valence-electron chi connectivity index (χ3n) is 4.04. The predicted molar refractivity (Wildman–Crippen MR) is 88.0 cm³/mol. The van der Waals surface area contributed by atoms with Crippen LogP contribution in [0.4, 0.5) is 0 Å². The van der Waals surface area contributed by atoms with E-state index in [2.05, 4.69) is 43.8 Å². The van der Waals surface area contributed by atoms with Gasteiger partial charge in [-0.15, -0.1) is 0 Å². The van der Waals surface area contributed by atoms with Crippen molar-refractivity contribution in [1.82, 2.24) is 0 Å². The molecule has 114 valence electrons. The summed E-state index contributed by atoms with van der Waals surface area (Å²) in [5.41, 5.74) is 3.08. The first-order chi connectivity index (χ1) is 9.80. The monoisotopic (exact) mass is 276 g/mol. The molecule has 0 aliphatic carbocycles. The van der Waals surface area contributed by atoms with Crippen LogP contribution in [-0.4, -0.2) is 0 Å². The maximum atomic E-state index is 2.45. The summed E-state index contributed by atoms with van der Waals surface area (Å²) in [6, 6.07) is 2.45. The Morgan fingerprint density at radius 1 is 0.700 bits per heavy atom. The Bertz CT molecular complexity index is 327. The van der Waals surface area contributed by atoms with Crippen molar-refractivity contribution in [2.24, 2.45) is 0 Å². The molecule has 1 nitrogen and oxygen atoms in total. The minimum Gasteiger partial charge on any atom is -0.205 e. The standard InChI is InChI=1S/C19H34N/c1-4-7-9-11-13-18-15-19(14-12-10-8-5-2)17-20(6-3)16-18/h15-17H,4-14H2,1-3H3/q+1. The number of hydrogen-bond donors (Lipinski definition) is 0. The maximum Gasteiger partial charge on any atom is 0.171 e. The van der Waals surface area contributed by atoms with Crippen LogP contribution >= 0.6 is 0 Å². The number of rotatable bonds is 11. The molecule has 0 spiro atoms. The fraction of sp³-hybridized carbons (Fsp3) is 0.737. The molecule has 0 saturated carbocycles. The fourth-order valence-electron chi connectivity index (χ4n) is 2.74. The van der Waals surface area contributed by atoms with Gasteiger partial charge in [0.2, 0.25) is 0 Å². The molecule has 0 fully saturated rings. The first kappa shape index (κ1) is 17.2. The SMILES string of the molecule is CCCCCCc1cc(CCCCCC)c[n+](CC)c1. The van der Waals surface area contributed by atoms with Crippen molar-refractivity contribution >= 4 is 0 Å². The predicted octanol–water partition coefficient (Wildman–Crippen LogP) is 5.24. The van der Waals surface area contributed by atoms with Crippen molar-refractivity contribution in [2.45, 2.75) is 91.5 Å². The molecular formula is C19H34N+. The average molecular weight is 276 g/mol. The highest BCUT2D eigenvalue weighted by Gasteiger charge is 2.06. The highest BCUT2D eigenvalue weighted by Crippen LogP contribution is 2.11. The summed E-state index contributed by atoms with van der Waals surface area (Å²) in [7, 11) is 0. The molecule has 1 aromatic heterocycles. The van der Waals surface area contributed by atoms with Crippen LogP contribution < -0.4 is 4.57 Å². The number of nitrogens with zero attached hydrogens (tertiary/aromatic N) is 1. The van der Waals surface area contributed by atoms with Crippen molar-refractivity contribution in [2.75, 3.05) is 0 Å². The van der Waals surface area contributed by atoms with E-state index in [1.165, 1.54) is 75.3 Å². The van der Waals surface area contributed by atoms with E-state index in [4.69, 9.17) is 0 Å². The second-order valence-electron chi connectivity index (χ2n) is 6.00. The van der Waals surface area contributed by atoms with E-state index in [0.29, 0.717) is 0 Å². The van der Waals surface area contributed by atoms with E-state index in [1.807, 2.05) is 0 Å². The molecule has 0 saturated heterocycles. The van der Waals surface area contributed by atoms with E-state index in [0.717, 1.165) is 6.54 Å². The van der Waals surface area contributed by atoms with Gasteiger partial charge in [0.05, 0.1) is 0 Å². The quantitative estimate of drug-likeness (QED) is 0.384. The van der Waals surface area contributed by atoms with E-state index in [-0.39, 0.29) is 0 Å². The van der Waals surface area contributed by atoms with Crippen LogP contribution in [0.5, 0.6) is 0 Å². The van der Waals surface area contributed by atoms with Crippen LogP contribution in [0.3, 0.4) is 0 Å². The number of aryl methyl sites for hydroxylation is 3. The molecule has 1 aromatic rings. The minimum atomic E-state index is 1.09. The molecule has 1 heterocycles. The summed E-state index contributed by atoms with van der Waals surface area (Å²) in [4.78, 5) is 0. The molecule has 0 aliphatic heterocycles. The summed E-state index contributed by atoms with van der Waals surface area (Å²) in [5, 5.41) is 0. The van der Waals surface area contributed by atoms with Crippen molar-refractivity contribution < 1.29 is 4.57 Å². The zero-order chi connectivity index (χ0) is 14.6. The highest BCUT2D eigenvalue weighted by atomic mass is 14.9. The maximum absolute atomic E-state index is 2.45. The third kappa shape index (κ3) is 7.07. The van der Waals surface area contributed by atoms with Crippen molar-refractivity contribution in [1.29, 1.82) is 0 Å². The zero-order valence-electron chi connectivity index (χ0n) is 14.0. The van der Waals surface area contributed by atoms with Crippen LogP contribution in [0.25, 0.3) is 0 Å². The van der Waals surface area contributed by atoms with Gasteiger partial charge < -0.3 is 0 Å². The molecule has 0 aromatic carbocycles. The van der Waals surface area contributed by atoms with Crippen molar-refractivity contribution in [3.05, 3.63) is 29.6 Å². The van der Waals surface area contributed by atoms with Gasteiger partial charge in [-0.2, -0.15) is 0 Å². The summed E-state index contributed by atoms with van der Waals surface area (Å²) in [6.45, 7) is 7.89. The summed E-state index contributed by atoms with van der Waals surface area (Å²) >= 11 is 0. The van der Waals surface area contributed by atoms with Crippen LogP contribution in [0.2, 0.25) is 0 Å². The van der Waals surface area contributed by atoms with E-state index in [1.54, 1.807) is 0 Å². The number of pyridine rings is 1. The molecule has 0 radical (unpaired) electrons. The minimum absolute atomic E-state index is 1.09. The highest BCUT2D eigenvalue weighted by molar-refractivity contribution is 5.15. The summed E-state index contributed by atoms with van der Waals surface area (Å²) < 4.78 is 2.37. The van der Waals surface area contributed by atoms with E-state index in [9.17, 15) is 0 Å². The molecule has 0 N–H and O–H groups in total. The lowest BCUT2D eigenvalue weighted by atomic mass is 10.0. The lowest BCUT2D eigenvalue weighted by Crippen LogP contribution is -2.32. The van der Waals surface area contributed by atoms with Gasteiger partial charge in [0.15, 0.2) is 12.4 Å². The Kier molecular flexibility index (Phi) is 9.36. The fourth-order valence-corrected chi connectivity index (χ4v) is 2.74. The molecule has 1 heteroatoms. The Morgan fingerprint density at radius 2 is 1.20 bits per heavy atom. The number of aromatic nitrogens is 1. The third-order valence-corrected chi connectivity index (χ3v) is 4.04. The van der Waals surface area contributed by atoms with Gasteiger partial charge in [-0.3, -0.25) is 0 Å². The molecule has 20 heavy (non-hydrogen) atoms. The Morgan fingerprint density at radius 3 is 1.60 bits per heavy atom. The van der Waals surface area contributed by atoms with Crippen LogP contribution in [0, 0.1) is 0 Å². The van der Waals surface area contributed by atoms with Gasteiger partial charge >= 0.3 is 0 Å². The van der Waals surface area contributed by atoms with Crippen molar-refractivity contribution in [3.8, 4) is 0 Å².